The van der Waals surface area contributed by atoms with Gasteiger partial charge in [-0.2, -0.15) is 0 Å². The maximum absolute atomic E-state index is 12.9. The zero-order chi connectivity index (χ0) is 40.2. The molecule has 3 aromatic heterocycles. The Morgan fingerprint density at radius 3 is 1.38 bits per heavy atom. The van der Waals surface area contributed by atoms with Gasteiger partial charge in [0.05, 0.1) is 35.5 Å². The fraction of sp³-hybridized carbons (Fsp3) is 0.0682. The Kier molecular flexibility index (Phi) is 8.50. The first-order valence-corrected chi connectivity index (χ1v) is 18.0. The number of aromatic amines is 2. The van der Waals surface area contributed by atoms with Gasteiger partial charge in [-0.1, -0.05) is 26.7 Å². The van der Waals surface area contributed by atoms with Crippen molar-refractivity contribution in [2.45, 2.75) is 20.3 Å². The molecule has 4 aromatic carbocycles. The molecule has 7 aromatic rings. The number of rotatable bonds is 7. The first-order chi connectivity index (χ1) is 28.2. The molecular weight excluding hydrogens is 737 g/mol. The number of nitrogens with one attached hydrogen (secondary N) is 2. The van der Waals surface area contributed by atoms with Crippen molar-refractivity contribution in [3.63, 3.8) is 0 Å². The highest BCUT2D eigenvalue weighted by atomic mass is 16.5. The minimum absolute atomic E-state index is 0.220. The quantitative estimate of drug-likeness (QED) is 0.0894. The Morgan fingerprint density at radius 2 is 0.914 bits per heavy atom. The number of hydrogen-bond acceptors (Lipinski definition) is 12. The summed E-state index contributed by atoms with van der Waals surface area (Å²) < 4.78 is 15.3. The van der Waals surface area contributed by atoms with Crippen LogP contribution in [0, 0.1) is 6.92 Å². The number of nitrogens with zero attached hydrogens (tertiary/aromatic N) is 6. The third-order valence-corrected chi connectivity index (χ3v) is 9.95. The number of benzene rings is 4. The van der Waals surface area contributed by atoms with Crippen LogP contribution in [0.5, 0.6) is 0 Å². The average Bonchev–Trinajstić information content (AvgIpc) is 3.95. The monoisotopic (exact) mass is 766 g/mol. The second-order valence-corrected chi connectivity index (χ2v) is 13.3. The molecule has 2 aliphatic rings. The normalized spacial score (nSPS) is 11.4. The molecule has 2 N–H and O–H groups in total. The Labute approximate surface area is 328 Å². The van der Waals surface area contributed by atoms with Gasteiger partial charge in [0.2, 0.25) is 0 Å². The van der Waals surface area contributed by atoms with Crippen LogP contribution in [0.2, 0.25) is 0 Å². The van der Waals surface area contributed by atoms with Gasteiger partial charge in [0.25, 0.3) is 0 Å². The lowest BCUT2D eigenvalue weighted by Gasteiger charge is -2.06. The van der Waals surface area contributed by atoms with Crippen LogP contribution in [0.4, 0.5) is 0 Å². The summed E-state index contributed by atoms with van der Waals surface area (Å²) in [6.45, 7) is 14.6. The summed E-state index contributed by atoms with van der Waals surface area (Å²) in [6, 6.07) is 19.1. The highest BCUT2D eigenvalue weighted by molar-refractivity contribution is 6.09. The van der Waals surface area contributed by atoms with Gasteiger partial charge in [-0.15, -0.1) is 0 Å². The Balaban J connectivity index is 1.44. The lowest BCUT2D eigenvalue weighted by Crippen LogP contribution is -2.00. The third-order valence-electron chi connectivity index (χ3n) is 9.95. The molecule has 14 nitrogen and oxygen atoms in total. The number of carbonyl (C=O) groups is 3. The van der Waals surface area contributed by atoms with E-state index in [-0.39, 0.29) is 28.3 Å². The summed E-state index contributed by atoms with van der Waals surface area (Å²) in [5, 5.41) is 2.36. The summed E-state index contributed by atoms with van der Waals surface area (Å²) in [6.07, 6.45) is 3.97. The van der Waals surface area contributed by atoms with Crippen molar-refractivity contribution >= 4 is 62.0 Å². The van der Waals surface area contributed by atoms with Crippen molar-refractivity contribution in [1.29, 1.82) is 0 Å². The predicted octanol–water partition coefficient (Wildman–Crippen LogP) is 8.64. The van der Waals surface area contributed by atoms with Crippen LogP contribution < -0.4 is 0 Å². The molecule has 0 spiro atoms. The molecule has 14 heteroatoms. The van der Waals surface area contributed by atoms with Crippen molar-refractivity contribution in [2.24, 2.45) is 0 Å². The zero-order valence-corrected chi connectivity index (χ0v) is 31.0. The fourth-order valence-corrected chi connectivity index (χ4v) is 7.19. The molecule has 58 heavy (non-hydrogen) atoms. The molecule has 9 rings (SSSR count). The van der Waals surface area contributed by atoms with Gasteiger partial charge in [-0.05, 0) is 91.2 Å². The van der Waals surface area contributed by atoms with Gasteiger partial charge in [0.1, 0.15) is 22.6 Å². The molecule has 0 amide bonds. The van der Waals surface area contributed by atoms with Gasteiger partial charge in [-0.3, -0.25) is 0 Å². The van der Waals surface area contributed by atoms with E-state index in [1.54, 1.807) is 54.6 Å². The SMILES string of the molecule is C=COC(=O)c1ccc2c(c1)-c1nc-2nc2[nH]c(nc3nc(nc4[nH]c(n1)c1ccc(C(=O)OC=C)cc41)-c1cc(CC)c(C)cc1-3)c1ccc(C(=O)OC=C)cc21. The summed E-state index contributed by atoms with van der Waals surface area (Å²) in [7, 11) is 0. The Morgan fingerprint density at radius 1 is 0.517 bits per heavy atom. The maximum atomic E-state index is 12.9. The predicted molar refractivity (Wildman–Crippen MR) is 217 cm³/mol. The highest BCUT2D eigenvalue weighted by Crippen LogP contribution is 2.39. The van der Waals surface area contributed by atoms with E-state index in [2.05, 4.69) is 42.7 Å². The van der Waals surface area contributed by atoms with E-state index >= 15 is 0 Å². The van der Waals surface area contributed by atoms with Gasteiger partial charge in [0, 0.05) is 43.8 Å². The highest BCUT2D eigenvalue weighted by Gasteiger charge is 2.25. The lowest BCUT2D eigenvalue weighted by atomic mass is 9.98. The number of esters is 3. The third kappa shape index (κ3) is 5.87. The second-order valence-electron chi connectivity index (χ2n) is 13.3. The summed E-state index contributed by atoms with van der Waals surface area (Å²) in [4.78, 5) is 75.3. The number of aryl methyl sites for hydroxylation is 2. The molecule has 0 saturated carbocycles. The van der Waals surface area contributed by atoms with Crippen molar-refractivity contribution in [1.82, 2.24) is 39.9 Å². The molecule has 282 valence electrons. The first-order valence-electron chi connectivity index (χ1n) is 18.0. The van der Waals surface area contributed by atoms with E-state index in [0.717, 1.165) is 47.5 Å². The zero-order valence-electron chi connectivity index (χ0n) is 31.0. The summed E-state index contributed by atoms with van der Waals surface area (Å²) in [5.74, 6) is -0.570. The van der Waals surface area contributed by atoms with Gasteiger partial charge in [-0.25, -0.2) is 44.3 Å². The maximum Gasteiger partial charge on any atom is 0.342 e. The molecule has 0 saturated heterocycles. The second kappa shape index (κ2) is 13.9. The topological polar surface area (TPSA) is 188 Å². The van der Waals surface area contributed by atoms with Crippen molar-refractivity contribution in [2.75, 3.05) is 0 Å². The molecule has 0 radical (unpaired) electrons. The van der Waals surface area contributed by atoms with E-state index in [9.17, 15) is 14.4 Å². The van der Waals surface area contributed by atoms with E-state index < -0.39 is 17.9 Å². The molecule has 0 unspecified atom stereocenters. The van der Waals surface area contributed by atoms with Crippen molar-refractivity contribution < 1.29 is 28.6 Å². The number of aromatic nitrogens is 8. The lowest BCUT2D eigenvalue weighted by molar-refractivity contribution is 0.0654. The average molecular weight is 767 g/mol. The summed E-state index contributed by atoms with van der Waals surface area (Å²) >= 11 is 0. The molecule has 0 fully saturated rings. The number of fused-ring (bicyclic) bond motifs is 20. The minimum atomic E-state index is -0.623. The van der Waals surface area contributed by atoms with Crippen LogP contribution in [-0.2, 0) is 20.6 Å². The molecule has 0 aliphatic carbocycles. The number of hydrogen-bond donors (Lipinski definition) is 2. The van der Waals surface area contributed by atoms with Crippen molar-refractivity contribution in [3.05, 3.63) is 133 Å². The smallest absolute Gasteiger partial charge is 0.342 e. The first kappa shape index (κ1) is 35.6. The van der Waals surface area contributed by atoms with Crippen LogP contribution in [-0.4, -0.2) is 57.8 Å². The molecular formula is C44H30N8O6. The van der Waals surface area contributed by atoms with E-state index in [1.807, 2.05) is 13.0 Å². The molecule has 0 atom stereocenters. The Hall–Kier alpha value is -8.13. The van der Waals surface area contributed by atoms with E-state index in [4.69, 9.17) is 44.1 Å². The Bertz CT molecular complexity index is 3180. The number of ether oxygens (including phenoxy) is 3. The van der Waals surface area contributed by atoms with Crippen molar-refractivity contribution in [3.8, 4) is 45.6 Å². The minimum Gasteiger partial charge on any atom is -0.432 e. The van der Waals surface area contributed by atoms with Crippen LogP contribution in [0.15, 0.2) is 105 Å². The van der Waals surface area contributed by atoms with E-state index in [0.29, 0.717) is 66.9 Å². The summed E-state index contributed by atoms with van der Waals surface area (Å²) in [5.41, 5.74) is 6.99. The van der Waals surface area contributed by atoms with E-state index in [1.165, 1.54) is 0 Å². The van der Waals surface area contributed by atoms with Gasteiger partial charge >= 0.3 is 17.9 Å². The molecule has 2 aliphatic heterocycles. The molecule has 8 bridgehead atoms. The van der Waals surface area contributed by atoms with Crippen LogP contribution in [0.25, 0.3) is 89.7 Å². The van der Waals surface area contributed by atoms with Gasteiger partial charge < -0.3 is 24.2 Å². The largest absolute Gasteiger partial charge is 0.432 e. The fourth-order valence-electron chi connectivity index (χ4n) is 7.19. The molecule has 5 heterocycles. The number of H-pyrrole nitrogens is 2. The van der Waals surface area contributed by atoms with Crippen LogP contribution in [0.1, 0.15) is 49.1 Å². The van der Waals surface area contributed by atoms with Gasteiger partial charge in [0.15, 0.2) is 23.3 Å². The number of carbonyl (C=O) groups excluding carboxylic acids is 3. The van der Waals surface area contributed by atoms with Crippen LogP contribution in [0.3, 0.4) is 0 Å². The standard InChI is InChI=1S/C44H30N8O6/c1-6-22-17-33-29(16-21(22)5)37-45-34-26-13-10-23(42(53)56-7-2)18-30(26)38(46-34)47-35-27-14-11-24(43(54)57-8-3)19-31(27)39(48-35)49-36-28-15-12-25(44(55)58-9-4)20-32(28)40(50-36)52-41(33)51-37/h7-20H,2-4,6H2,1,5H3,(H2,45,46,47,48,49,50,51,52). The van der Waals surface area contributed by atoms with Crippen LogP contribution >= 0.6 is 0 Å².